The fraction of sp³-hybridized carbons (Fsp3) is 0.364. The molecule has 7 heteroatoms. The molecule has 0 N–H and O–H groups in total. The predicted octanol–water partition coefficient (Wildman–Crippen LogP) is 3.90. The normalized spacial score (nSPS) is 10.9. The Morgan fingerprint density at radius 1 is 1.21 bits per heavy atom. The fourth-order valence-electron chi connectivity index (χ4n) is 2.90. The largest absolute Gasteiger partial charge is 0.484 e. The zero-order valence-corrected chi connectivity index (χ0v) is 17.0. The van der Waals surface area contributed by atoms with Crippen molar-refractivity contribution in [1.82, 2.24) is 20.0 Å². The summed E-state index contributed by atoms with van der Waals surface area (Å²) >= 11 is 0. The van der Waals surface area contributed by atoms with Gasteiger partial charge in [-0.3, -0.25) is 9.78 Å². The molecule has 0 saturated heterocycles. The maximum atomic E-state index is 12.7. The molecule has 1 amide bonds. The highest BCUT2D eigenvalue weighted by Crippen LogP contribution is 2.17. The number of rotatable bonds is 9. The van der Waals surface area contributed by atoms with E-state index in [1.807, 2.05) is 44.2 Å². The lowest BCUT2D eigenvalue weighted by Gasteiger charge is -2.25. The Kier molecular flexibility index (Phi) is 6.94. The van der Waals surface area contributed by atoms with Gasteiger partial charge in [0.2, 0.25) is 11.7 Å². The minimum atomic E-state index is -0.140. The van der Waals surface area contributed by atoms with Gasteiger partial charge in [0, 0.05) is 24.0 Å². The number of nitrogens with zero attached hydrogens (tertiary/aromatic N) is 4. The number of ether oxygens (including phenoxy) is 1. The van der Waals surface area contributed by atoms with Gasteiger partial charge in [-0.2, -0.15) is 4.98 Å². The monoisotopic (exact) mass is 394 g/mol. The molecule has 0 aliphatic carbocycles. The van der Waals surface area contributed by atoms with Crippen molar-refractivity contribution < 1.29 is 14.1 Å². The Labute approximate surface area is 170 Å². The van der Waals surface area contributed by atoms with E-state index in [0.717, 1.165) is 18.4 Å². The van der Waals surface area contributed by atoms with Gasteiger partial charge < -0.3 is 14.2 Å². The summed E-state index contributed by atoms with van der Waals surface area (Å²) in [6, 6.07) is 11.5. The van der Waals surface area contributed by atoms with Crippen molar-refractivity contribution >= 4 is 5.91 Å². The fourth-order valence-corrected chi connectivity index (χ4v) is 2.90. The molecular weight excluding hydrogens is 368 g/mol. The summed E-state index contributed by atoms with van der Waals surface area (Å²) in [5, 5.41) is 3.98. The van der Waals surface area contributed by atoms with Gasteiger partial charge in [0.05, 0.1) is 0 Å². The quantitative estimate of drug-likeness (QED) is 0.547. The molecular formula is C22H26N4O3. The van der Waals surface area contributed by atoms with Crippen molar-refractivity contribution in [2.75, 3.05) is 6.61 Å². The minimum Gasteiger partial charge on any atom is -0.484 e. The molecule has 0 unspecified atom stereocenters. The average molecular weight is 394 g/mol. The third kappa shape index (κ3) is 5.63. The molecule has 29 heavy (non-hydrogen) atoms. The van der Waals surface area contributed by atoms with Crippen LogP contribution in [0.1, 0.15) is 38.6 Å². The second kappa shape index (κ2) is 9.82. The molecule has 0 atom stereocenters. The smallest absolute Gasteiger partial charge is 0.261 e. The first-order chi connectivity index (χ1) is 14.1. The number of aryl methyl sites for hydroxylation is 1. The zero-order chi connectivity index (χ0) is 20.6. The van der Waals surface area contributed by atoms with E-state index in [2.05, 4.69) is 22.0 Å². The van der Waals surface area contributed by atoms with Gasteiger partial charge in [-0.05, 0) is 50.1 Å². The highest BCUT2D eigenvalue weighted by molar-refractivity contribution is 5.78. The Morgan fingerprint density at radius 2 is 2.00 bits per heavy atom. The molecule has 1 aromatic carbocycles. The van der Waals surface area contributed by atoms with E-state index in [0.29, 0.717) is 17.5 Å². The number of carbonyl (C=O) groups is 1. The summed E-state index contributed by atoms with van der Waals surface area (Å²) in [5.74, 6) is 1.36. The summed E-state index contributed by atoms with van der Waals surface area (Å²) in [4.78, 5) is 22.8. The van der Waals surface area contributed by atoms with Crippen molar-refractivity contribution in [2.24, 2.45) is 0 Å². The Balaban J connectivity index is 1.60. The van der Waals surface area contributed by atoms with Crippen LogP contribution in [0.3, 0.4) is 0 Å². The van der Waals surface area contributed by atoms with E-state index < -0.39 is 0 Å². The molecule has 0 saturated carbocycles. The lowest BCUT2D eigenvalue weighted by molar-refractivity contribution is -0.136. The zero-order valence-electron chi connectivity index (χ0n) is 17.0. The molecule has 0 bridgehead atoms. The van der Waals surface area contributed by atoms with Crippen molar-refractivity contribution in [2.45, 2.75) is 46.2 Å². The van der Waals surface area contributed by atoms with Crippen LogP contribution in [0.25, 0.3) is 11.4 Å². The summed E-state index contributed by atoms with van der Waals surface area (Å²) < 4.78 is 11.0. The van der Waals surface area contributed by atoms with Gasteiger partial charge in [0.1, 0.15) is 12.3 Å². The molecule has 0 aliphatic heterocycles. The van der Waals surface area contributed by atoms with E-state index >= 15 is 0 Å². The van der Waals surface area contributed by atoms with Gasteiger partial charge in [-0.25, -0.2) is 0 Å². The third-order valence-electron chi connectivity index (χ3n) is 4.46. The van der Waals surface area contributed by atoms with Crippen molar-refractivity contribution in [3.8, 4) is 17.1 Å². The number of benzene rings is 1. The van der Waals surface area contributed by atoms with Gasteiger partial charge in [0.15, 0.2) is 6.61 Å². The van der Waals surface area contributed by atoms with Gasteiger partial charge in [-0.15, -0.1) is 0 Å². The molecule has 2 heterocycles. The van der Waals surface area contributed by atoms with Crippen LogP contribution in [0, 0.1) is 0 Å². The summed E-state index contributed by atoms with van der Waals surface area (Å²) in [5.41, 5.74) is 2.02. The number of aromatic nitrogens is 3. The van der Waals surface area contributed by atoms with Gasteiger partial charge in [-0.1, -0.05) is 30.6 Å². The molecule has 2 aromatic heterocycles. The molecule has 3 rings (SSSR count). The second-order valence-corrected chi connectivity index (χ2v) is 7.05. The highest BCUT2D eigenvalue weighted by atomic mass is 16.5. The molecule has 0 fully saturated rings. The molecule has 152 valence electrons. The third-order valence-corrected chi connectivity index (χ3v) is 4.46. The number of carbonyl (C=O) groups excluding carboxylic acids is 1. The van der Waals surface area contributed by atoms with Gasteiger partial charge in [0.25, 0.3) is 5.91 Å². The summed E-state index contributed by atoms with van der Waals surface area (Å²) in [7, 11) is 0. The first-order valence-electron chi connectivity index (χ1n) is 9.81. The second-order valence-electron chi connectivity index (χ2n) is 7.05. The molecule has 3 aromatic rings. The first-order valence-corrected chi connectivity index (χ1v) is 9.81. The van der Waals surface area contributed by atoms with Crippen LogP contribution in [0.5, 0.6) is 5.75 Å². The van der Waals surface area contributed by atoms with Crippen molar-refractivity contribution in [1.29, 1.82) is 0 Å². The molecule has 0 aliphatic rings. The van der Waals surface area contributed by atoms with Gasteiger partial charge >= 0.3 is 0 Å². The van der Waals surface area contributed by atoms with E-state index in [1.165, 1.54) is 5.56 Å². The van der Waals surface area contributed by atoms with E-state index in [-0.39, 0.29) is 25.1 Å². The molecule has 7 nitrogen and oxygen atoms in total. The molecule has 0 spiro atoms. The summed E-state index contributed by atoms with van der Waals surface area (Å²) in [6.07, 6.45) is 5.48. The topological polar surface area (TPSA) is 81.4 Å². The Morgan fingerprint density at radius 3 is 2.66 bits per heavy atom. The Hall–Kier alpha value is -3.22. The van der Waals surface area contributed by atoms with E-state index in [1.54, 1.807) is 23.4 Å². The van der Waals surface area contributed by atoms with E-state index in [9.17, 15) is 4.79 Å². The standard InChI is InChI=1S/C22H26N4O3/c1-4-6-17-8-10-19(11-9-17)28-15-21(27)26(16(2)3)14-20-24-22(25-29-20)18-7-5-12-23-13-18/h5,7-13,16H,4,6,14-15H2,1-3H3. The van der Waals surface area contributed by atoms with Crippen LogP contribution >= 0.6 is 0 Å². The lowest BCUT2D eigenvalue weighted by atomic mass is 10.1. The maximum Gasteiger partial charge on any atom is 0.261 e. The van der Waals surface area contributed by atoms with Crippen LogP contribution < -0.4 is 4.74 Å². The summed E-state index contributed by atoms with van der Waals surface area (Å²) in [6.45, 7) is 6.20. The van der Waals surface area contributed by atoms with Crippen LogP contribution in [-0.2, 0) is 17.8 Å². The predicted molar refractivity (Wildman–Crippen MR) is 109 cm³/mol. The number of pyridine rings is 1. The van der Waals surface area contributed by atoms with Crippen LogP contribution in [0.2, 0.25) is 0 Å². The lowest BCUT2D eigenvalue weighted by Crippen LogP contribution is -2.39. The minimum absolute atomic E-state index is 0.0354. The number of hydrogen-bond donors (Lipinski definition) is 0. The van der Waals surface area contributed by atoms with Crippen molar-refractivity contribution in [3.63, 3.8) is 0 Å². The average Bonchev–Trinajstić information content (AvgIpc) is 3.21. The number of hydrogen-bond acceptors (Lipinski definition) is 6. The van der Waals surface area contributed by atoms with Crippen LogP contribution in [0.4, 0.5) is 0 Å². The van der Waals surface area contributed by atoms with Crippen molar-refractivity contribution in [3.05, 3.63) is 60.2 Å². The SMILES string of the molecule is CCCc1ccc(OCC(=O)N(Cc2nc(-c3cccnc3)no2)C(C)C)cc1. The van der Waals surface area contributed by atoms with Crippen LogP contribution in [-0.4, -0.2) is 38.6 Å². The Bertz CT molecular complexity index is 907. The number of amides is 1. The first kappa shape index (κ1) is 20.5. The van der Waals surface area contributed by atoms with E-state index in [4.69, 9.17) is 9.26 Å². The highest BCUT2D eigenvalue weighted by Gasteiger charge is 2.21. The van der Waals surface area contributed by atoms with Crippen LogP contribution in [0.15, 0.2) is 53.3 Å². The molecule has 0 radical (unpaired) electrons. The maximum absolute atomic E-state index is 12.7.